The Bertz CT molecular complexity index is 119. The summed E-state index contributed by atoms with van der Waals surface area (Å²) in [5.41, 5.74) is 5.22. The summed E-state index contributed by atoms with van der Waals surface area (Å²) in [6, 6.07) is 0. The third-order valence-corrected chi connectivity index (χ3v) is 2.15. The topological polar surface area (TPSA) is 78.8 Å². The van der Waals surface area contributed by atoms with Gasteiger partial charge >= 0.3 is 0 Å². The third-order valence-electron chi connectivity index (χ3n) is 1.08. The molecule has 4 N–H and O–H groups in total. The molecule has 0 spiro atoms. The molecule has 0 amide bonds. The largest absolute Gasteiger partial charge is 0.409 e. The summed E-state index contributed by atoms with van der Waals surface area (Å²) in [7, 11) is 0. The summed E-state index contributed by atoms with van der Waals surface area (Å²) in [5.74, 6) is 2.03. The molecule has 0 aliphatic heterocycles. The van der Waals surface area contributed by atoms with Crippen molar-refractivity contribution in [3.63, 3.8) is 0 Å². The Labute approximate surface area is 70.5 Å². The lowest BCUT2D eigenvalue weighted by molar-refractivity contribution is 0.296. The van der Waals surface area contributed by atoms with Crippen LogP contribution in [0.1, 0.15) is 12.8 Å². The van der Waals surface area contributed by atoms with Crippen LogP contribution in [0.2, 0.25) is 0 Å². The van der Waals surface area contributed by atoms with Crippen molar-refractivity contribution in [3.05, 3.63) is 0 Å². The zero-order valence-corrected chi connectivity index (χ0v) is 7.18. The fourth-order valence-electron chi connectivity index (χ4n) is 0.495. The molecule has 0 aromatic heterocycles. The fraction of sp³-hybridized carbons (Fsp3) is 0.833. The highest BCUT2D eigenvalue weighted by Crippen LogP contribution is 2.03. The van der Waals surface area contributed by atoms with Crippen molar-refractivity contribution in [2.24, 2.45) is 10.9 Å². The zero-order chi connectivity index (χ0) is 8.53. The maximum atomic E-state index is 8.42. The van der Waals surface area contributed by atoms with E-state index in [1.54, 1.807) is 11.8 Å². The summed E-state index contributed by atoms with van der Waals surface area (Å²) in [6.45, 7) is 0.233. The highest BCUT2D eigenvalue weighted by molar-refractivity contribution is 7.99. The number of nitrogens with zero attached hydrogens (tertiary/aromatic N) is 1. The van der Waals surface area contributed by atoms with Gasteiger partial charge in [0.25, 0.3) is 0 Å². The van der Waals surface area contributed by atoms with Gasteiger partial charge in [-0.2, -0.15) is 11.8 Å². The van der Waals surface area contributed by atoms with E-state index in [1.165, 1.54) is 0 Å². The minimum atomic E-state index is 0.233. The predicted octanol–water partition coefficient (Wildman–Crippen LogP) is 0.238. The van der Waals surface area contributed by atoms with Crippen LogP contribution in [-0.2, 0) is 0 Å². The molecule has 0 saturated heterocycles. The molecule has 0 saturated carbocycles. The Hall–Kier alpha value is -0.420. The predicted molar refractivity (Wildman–Crippen MR) is 47.1 cm³/mol. The molecule has 0 radical (unpaired) electrons. The van der Waals surface area contributed by atoms with Crippen molar-refractivity contribution in [3.8, 4) is 0 Å². The summed E-state index contributed by atoms with van der Waals surface area (Å²) >= 11 is 1.69. The van der Waals surface area contributed by atoms with Crippen LogP contribution in [0.25, 0.3) is 0 Å². The highest BCUT2D eigenvalue weighted by Gasteiger charge is 1.93. The molecule has 0 aliphatic rings. The Morgan fingerprint density at radius 1 is 1.45 bits per heavy atom. The number of thioether (sulfide) groups is 1. The molecule has 0 atom stereocenters. The van der Waals surface area contributed by atoms with Gasteiger partial charge in [-0.1, -0.05) is 5.16 Å². The molecule has 0 fully saturated rings. The normalized spacial score (nSPS) is 11.9. The first-order valence-electron chi connectivity index (χ1n) is 3.46. The molecule has 0 rings (SSSR count). The SMILES string of the molecule is NC(CCSCCCO)=NO. The molecular weight excluding hydrogens is 164 g/mol. The van der Waals surface area contributed by atoms with Gasteiger partial charge in [-0.05, 0) is 12.2 Å². The number of aliphatic hydroxyl groups is 1. The van der Waals surface area contributed by atoms with Gasteiger partial charge < -0.3 is 16.0 Å². The maximum absolute atomic E-state index is 8.42. The monoisotopic (exact) mass is 178 g/mol. The minimum absolute atomic E-state index is 0.233. The zero-order valence-electron chi connectivity index (χ0n) is 6.36. The van der Waals surface area contributed by atoms with Crippen LogP contribution in [0.5, 0.6) is 0 Å². The molecule has 0 aromatic rings. The van der Waals surface area contributed by atoms with Gasteiger partial charge in [0.2, 0.25) is 0 Å². The molecule has 0 aliphatic carbocycles. The lowest BCUT2D eigenvalue weighted by Gasteiger charge is -1.98. The van der Waals surface area contributed by atoms with Crippen molar-refractivity contribution in [2.75, 3.05) is 18.1 Å². The molecule has 66 valence electrons. The quantitative estimate of drug-likeness (QED) is 0.179. The first kappa shape index (κ1) is 10.6. The van der Waals surface area contributed by atoms with Crippen LogP contribution in [0.3, 0.4) is 0 Å². The molecule has 4 nitrogen and oxygen atoms in total. The lowest BCUT2D eigenvalue weighted by Crippen LogP contribution is -2.12. The molecule has 0 heterocycles. The summed E-state index contributed by atoms with van der Waals surface area (Å²) < 4.78 is 0. The second kappa shape index (κ2) is 7.68. The van der Waals surface area contributed by atoms with E-state index in [0.29, 0.717) is 6.42 Å². The number of nitrogens with two attached hydrogens (primary N) is 1. The molecular formula is C6H14N2O2S. The van der Waals surface area contributed by atoms with Crippen molar-refractivity contribution >= 4 is 17.6 Å². The smallest absolute Gasteiger partial charge is 0.139 e. The lowest BCUT2D eigenvalue weighted by atomic mass is 10.5. The van der Waals surface area contributed by atoms with Crippen molar-refractivity contribution in [2.45, 2.75) is 12.8 Å². The first-order valence-corrected chi connectivity index (χ1v) is 4.61. The second-order valence-corrected chi connectivity index (χ2v) is 3.26. The average Bonchev–Trinajstić information content (AvgIpc) is 2.04. The maximum Gasteiger partial charge on any atom is 0.139 e. The second-order valence-electron chi connectivity index (χ2n) is 2.03. The van der Waals surface area contributed by atoms with E-state index >= 15 is 0 Å². The number of hydrogen-bond donors (Lipinski definition) is 3. The number of oxime groups is 1. The third kappa shape index (κ3) is 7.48. The minimum Gasteiger partial charge on any atom is -0.409 e. The number of amidine groups is 1. The van der Waals surface area contributed by atoms with Crippen molar-refractivity contribution in [1.82, 2.24) is 0 Å². The summed E-state index contributed by atoms with van der Waals surface area (Å²) in [4.78, 5) is 0. The molecule has 11 heavy (non-hydrogen) atoms. The Balaban J connectivity index is 3.02. The van der Waals surface area contributed by atoms with Gasteiger partial charge in [-0.25, -0.2) is 0 Å². The van der Waals surface area contributed by atoms with Crippen molar-refractivity contribution < 1.29 is 10.3 Å². The standard InChI is InChI=1S/C6H14N2O2S/c7-6(8-10)2-5-11-4-1-3-9/h9-10H,1-5H2,(H2,7,8). The van der Waals surface area contributed by atoms with Crippen molar-refractivity contribution in [1.29, 1.82) is 0 Å². The van der Waals surface area contributed by atoms with Gasteiger partial charge in [0, 0.05) is 18.8 Å². The summed E-state index contributed by atoms with van der Waals surface area (Å²) in [5, 5.41) is 19.4. The van der Waals surface area contributed by atoms with E-state index in [-0.39, 0.29) is 12.4 Å². The van der Waals surface area contributed by atoms with Gasteiger partial charge in [-0.15, -0.1) is 0 Å². The van der Waals surface area contributed by atoms with Gasteiger partial charge in [0.05, 0.1) is 0 Å². The van der Waals surface area contributed by atoms with E-state index in [9.17, 15) is 0 Å². The van der Waals surface area contributed by atoms with E-state index in [0.717, 1.165) is 17.9 Å². The fourth-order valence-corrected chi connectivity index (χ4v) is 1.39. The van der Waals surface area contributed by atoms with E-state index in [2.05, 4.69) is 5.16 Å². The van der Waals surface area contributed by atoms with Crippen LogP contribution < -0.4 is 5.73 Å². The van der Waals surface area contributed by atoms with Gasteiger partial charge in [0.15, 0.2) is 0 Å². The van der Waals surface area contributed by atoms with Crippen LogP contribution in [-0.4, -0.2) is 34.3 Å². The van der Waals surface area contributed by atoms with E-state index in [1.807, 2.05) is 0 Å². The summed E-state index contributed by atoms with van der Waals surface area (Å²) in [6.07, 6.45) is 1.41. The highest BCUT2D eigenvalue weighted by atomic mass is 32.2. The molecule has 0 bridgehead atoms. The Morgan fingerprint density at radius 2 is 2.18 bits per heavy atom. The number of rotatable bonds is 6. The van der Waals surface area contributed by atoms with Crippen LogP contribution in [0.4, 0.5) is 0 Å². The Kier molecular flexibility index (Phi) is 7.39. The molecule has 0 aromatic carbocycles. The molecule has 5 heteroatoms. The van der Waals surface area contributed by atoms with E-state index < -0.39 is 0 Å². The van der Waals surface area contributed by atoms with Gasteiger partial charge in [0.1, 0.15) is 5.84 Å². The first-order chi connectivity index (χ1) is 5.31. The van der Waals surface area contributed by atoms with Crippen LogP contribution in [0.15, 0.2) is 5.16 Å². The van der Waals surface area contributed by atoms with E-state index in [4.69, 9.17) is 16.0 Å². The average molecular weight is 178 g/mol. The molecule has 0 unspecified atom stereocenters. The number of hydrogen-bond acceptors (Lipinski definition) is 4. The van der Waals surface area contributed by atoms with Crippen LogP contribution in [0, 0.1) is 0 Å². The van der Waals surface area contributed by atoms with Crippen LogP contribution >= 0.6 is 11.8 Å². The number of aliphatic hydroxyl groups excluding tert-OH is 1. The van der Waals surface area contributed by atoms with Gasteiger partial charge in [-0.3, -0.25) is 0 Å². The Morgan fingerprint density at radius 3 is 2.73 bits per heavy atom.